The Morgan fingerprint density at radius 3 is 2.08 bits per heavy atom. The van der Waals surface area contributed by atoms with Gasteiger partial charge in [0, 0.05) is 21.7 Å². The zero-order valence-electron chi connectivity index (χ0n) is 20.0. The molecule has 2 N–H and O–H groups in total. The highest BCUT2D eigenvalue weighted by molar-refractivity contribution is 8.00. The first-order chi connectivity index (χ1) is 18.4. The second-order valence-electron chi connectivity index (χ2n) is 8.13. The Labute approximate surface area is 222 Å². The lowest BCUT2D eigenvalue weighted by Gasteiger charge is -2.12. The second kappa shape index (κ2) is 12.6. The highest BCUT2D eigenvalue weighted by Gasteiger charge is 2.16. The Balaban J connectivity index is 1.48. The van der Waals surface area contributed by atoms with E-state index in [9.17, 15) is 23.2 Å². The summed E-state index contributed by atoms with van der Waals surface area (Å²) in [6.45, 7) is 0. The number of hydrogen-bond donors (Lipinski definition) is 2. The Morgan fingerprint density at radius 2 is 1.39 bits per heavy atom. The van der Waals surface area contributed by atoms with Crippen LogP contribution in [0.3, 0.4) is 0 Å². The SMILES string of the molecule is O=C(Nc1cccc(SCC(=O)c2ccc(F)cc2)c1)/C(=C/c1ccc(F)cc1)NC(=O)c1ccccc1. The molecule has 0 spiro atoms. The summed E-state index contributed by atoms with van der Waals surface area (Å²) in [5, 5.41) is 5.39. The van der Waals surface area contributed by atoms with Crippen LogP contribution in [0, 0.1) is 11.6 Å². The van der Waals surface area contributed by atoms with Crippen molar-refractivity contribution in [2.24, 2.45) is 0 Å². The van der Waals surface area contributed by atoms with Crippen molar-refractivity contribution in [3.63, 3.8) is 0 Å². The molecule has 0 aliphatic heterocycles. The summed E-state index contributed by atoms with van der Waals surface area (Å²) in [5.74, 6) is -1.91. The normalized spacial score (nSPS) is 11.1. The number of amides is 2. The van der Waals surface area contributed by atoms with Crippen molar-refractivity contribution in [3.8, 4) is 0 Å². The van der Waals surface area contributed by atoms with E-state index in [1.165, 1.54) is 66.4 Å². The highest BCUT2D eigenvalue weighted by Crippen LogP contribution is 2.23. The van der Waals surface area contributed by atoms with Gasteiger partial charge in [-0.05, 0) is 78.4 Å². The van der Waals surface area contributed by atoms with Gasteiger partial charge in [0.05, 0.1) is 5.75 Å². The summed E-state index contributed by atoms with van der Waals surface area (Å²) in [6.07, 6.45) is 1.45. The van der Waals surface area contributed by atoms with Gasteiger partial charge in [0.15, 0.2) is 5.78 Å². The van der Waals surface area contributed by atoms with E-state index in [-0.39, 0.29) is 17.2 Å². The smallest absolute Gasteiger partial charge is 0.272 e. The van der Waals surface area contributed by atoms with Gasteiger partial charge in [-0.2, -0.15) is 0 Å². The predicted octanol–water partition coefficient (Wildman–Crippen LogP) is 6.35. The van der Waals surface area contributed by atoms with E-state index in [2.05, 4.69) is 10.6 Å². The van der Waals surface area contributed by atoms with E-state index in [0.29, 0.717) is 22.4 Å². The summed E-state index contributed by atoms with van der Waals surface area (Å²) in [6, 6.07) is 26.2. The standard InChI is InChI=1S/C30H22F2N2O3S/c31-23-13-9-20(10-14-23)17-27(34-29(36)22-5-2-1-3-6-22)30(37)33-25-7-4-8-26(18-25)38-19-28(35)21-11-15-24(32)16-12-21/h1-18H,19H2,(H,33,37)(H,34,36)/b27-17-. The molecular weight excluding hydrogens is 506 g/mol. The third kappa shape index (κ3) is 7.47. The Kier molecular flexibility index (Phi) is 8.79. The Morgan fingerprint density at radius 1 is 0.737 bits per heavy atom. The van der Waals surface area contributed by atoms with Gasteiger partial charge >= 0.3 is 0 Å². The van der Waals surface area contributed by atoms with Crippen LogP contribution in [0.25, 0.3) is 6.08 Å². The number of halogens is 2. The minimum atomic E-state index is -0.580. The van der Waals surface area contributed by atoms with Crippen LogP contribution < -0.4 is 10.6 Å². The number of thioether (sulfide) groups is 1. The number of hydrogen-bond acceptors (Lipinski definition) is 4. The number of anilines is 1. The lowest BCUT2D eigenvalue weighted by molar-refractivity contribution is -0.113. The van der Waals surface area contributed by atoms with E-state index >= 15 is 0 Å². The average Bonchev–Trinajstić information content (AvgIpc) is 2.93. The van der Waals surface area contributed by atoms with Gasteiger partial charge < -0.3 is 10.6 Å². The topological polar surface area (TPSA) is 75.3 Å². The highest BCUT2D eigenvalue weighted by atomic mass is 32.2. The van der Waals surface area contributed by atoms with Crippen LogP contribution in [0.5, 0.6) is 0 Å². The minimum absolute atomic E-state index is 0.0324. The fourth-order valence-electron chi connectivity index (χ4n) is 3.40. The molecule has 0 atom stereocenters. The molecule has 190 valence electrons. The largest absolute Gasteiger partial charge is 0.321 e. The van der Waals surface area contributed by atoms with Crippen LogP contribution in [0.2, 0.25) is 0 Å². The first kappa shape index (κ1) is 26.5. The molecule has 0 fully saturated rings. The van der Waals surface area contributed by atoms with Gasteiger partial charge in [-0.3, -0.25) is 14.4 Å². The predicted molar refractivity (Wildman–Crippen MR) is 145 cm³/mol. The molecule has 38 heavy (non-hydrogen) atoms. The molecule has 4 rings (SSSR count). The molecule has 4 aromatic carbocycles. The fourth-order valence-corrected chi connectivity index (χ4v) is 4.25. The van der Waals surface area contributed by atoms with Gasteiger partial charge in [-0.1, -0.05) is 36.4 Å². The lowest BCUT2D eigenvalue weighted by Crippen LogP contribution is -2.30. The number of Topliss-reactive ketones (excluding diaryl/α,β-unsaturated/α-hetero) is 1. The van der Waals surface area contributed by atoms with Crippen molar-refractivity contribution < 1.29 is 23.2 Å². The second-order valence-corrected chi connectivity index (χ2v) is 9.18. The molecule has 0 unspecified atom stereocenters. The van der Waals surface area contributed by atoms with E-state index in [4.69, 9.17) is 0 Å². The zero-order chi connectivity index (χ0) is 26.9. The molecule has 0 bridgehead atoms. The van der Waals surface area contributed by atoms with Gasteiger partial charge in [-0.15, -0.1) is 11.8 Å². The van der Waals surface area contributed by atoms with E-state index < -0.39 is 23.4 Å². The molecule has 4 aromatic rings. The number of rotatable bonds is 9. The Bertz CT molecular complexity index is 1470. The Hall–Kier alpha value is -4.56. The van der Waals surface area contributed by atoms with Crippen molar-refractivity contribution in [3.05, 3.63) is 137 Å². The van der Waals surface area contributed by atoms with Gasteiger partial charge in [0.2, 0.25) is 0 Å². The minimum Gasteiger partial charge on any atom is -0.321 e. The molecule has 0 aliphatic carbocycles. The van der Waals surface area contributed by atoms with Crippen molar-refractivity contribution in [2.75, 3.05) is 11.1 Å². The van der Waals surface area contributed by atoms with E-state index in [0.717, 1.165) is 4.90 Å². The van der Waals surface area contributed by atoms with Crippen molar-refractivity contribution >= 4 is 41.1 Å². The van der Waals surface area contributed by atoms with Crippen LogP contribution >= 0.6 is 11.8 Å². The summed E-state index contributed by atoms with van der Waals surface area (Å²) >= 11 is 1.27. The quantitative estimate of drug-likeness (QED) is 0.151. The monoisotopic (exact) mass is 528 g/mol. The molecule has 0 saturated heterocycles. The maximum atomic E-state index is 13.4. The lowest BCUT2D eigenvalue weighted by atomic mass is 10.1. The summed E-state index contributed by atoms with van der Waals surface area (Å²) in [4.78, 5) is 39.1. The van der Waals surface area contributed by atoms with Crippen LogP contribution in [0.1, 0.15) is 26.3 Å². The maximum absolute atomic E-state index is 13.4. The summed E-state index contributed by atoms with van der Waals surface area (Å²) in [7, 11) is 0. The number of carbonyl (C=O) groups is 3. The molecule has 0 heterocycles. The van der Waals surface area contributed by atoms with Crippen molar-refractivity contribution in [1.82, 2.24) is 5.32 Å². The molecule has 0 aromatic heterocycles. The van der Waals surface area contributed by atoms with E-state index in [1.807, 2.05) is 0 Å². The molecule has 0 aliphatic rings. The van der Waals surface area contributed by atoms with Crippen molar-refractivity contribution in [2.45, 2.75) is 4.90 Å². The number of carbonyl (C=O) groups excluding carboxylic acids is 3. The third-order valence-corrected chi connectivity index (χ3v) is 6.33. The zero-order valence-corrected chi connectivity index (χ0v) is 20.8. The molecular formula is C30H22F2N2O3S. The summed E-state index contributed by atoms with van der Waals surface area (Å²) < 4.78 is 26.5. The fraction of sp³-hybridized carbons (Fsp3) is 0.0333. The van der Waals surface area contributed by atoms with Crippen LogP contribution in [0.15, 0.2) is 114 Å². The number of ketones is 1. The van der Waals surface area contributed by atoms with Crippen LogP contribution in [-0.4, -0.2) is 23.4 Å². The van der Waals surface area contributed by atoms with Crippen LogP contribution in [0.4, 0.5) is 14.5 Å². The van der Waals surface area contributed by atoms with Crippen molar-refractivity contribution in [1.29, 1.82) is 0 Å². The molecule has 5 nitrogen and oxygen atoms in total. The first-order valence-electron chi connectivity index (χ1n) is 11.5. The molecule has 0 saturated carbocycles. The first-order valence-corrected chi connectivity index (χ1v) is 12.5. The molecule has 2 amide bonds. The van der Waals surface area contributed by atoms with Gasteiger partial charge in [0.1, 0.15) is 17.3 Å². The summed E-state index contributed by atoms with van der Waals surface area (Å²) in [5.41, 5.74) is 1.72. The van der Waals surface area contributed by atoms with Crippen LogP contribution in [-0.2, 0) is 4.79 Å². The maximum Gasteiger partial charge on any atom is 0.272 e. The molecule has 0 radical (unpaired) electrons. The van der Waals surface area contributed by atoms with Gasteiger partial charge in [0.25, 0.3) is 11.8 Å². The number of benzene rings is 4. The number of nitrogens with one attached hydrogen (secondary N) is 2. The van der Waals surface area contributed by atoms with Gasteiger partial charge in [-0.25, -0.2) is 8.78 Å². The average molecular weight is 529 g/mol. The van der Waals surface area contributed by atoms with E-state index in [1.54, 1.807) is 54.6 Å². The molecule has 8 heteroatoms. The third-order valence-electron chi connectivity index (χ3n) is 5.34.